The molecule has 3 atom stereocenters. The number of hydrogen-bond acceptors (Lipinski definition) is 15. The summed E-state index contributed by atoms with van der Waals surface area (Å²) in [5.41, 5.74) is -1.12. The van der Waals surface area contributed by atoms with E-state index in [1.54, 1.807) is 7.05 Å². The summed E-state index contributed by atoms with van der Waals surface area (Å²) in [5, 5.41) is 54.4. The molecule has 6 rings (SSSR count). The lowest BCUT2D eigenvalue weighted by Gasteiger charge is -2.49. The van der Waals surface area contributed by atoms with Gasteiger partial charge in [-0.3, -0.25) is 24.1 Å². The second-order valence-corrected chi connectivity index (χ2v) is 13.4. The molecule has 1 saturated heterocycles. The Hall–Kier alpha value is -6.09. The zero-order valence-corrected chi connectivity index (χ0v) is 28.6. The number of tetrazole rings is 1. The predicted octanol–water partition coefficient (Wildman–Crippen LogP) is 0.502. The van der Waals surface area contributed by atoms with Crippen molar-refractivity contribution in [1.29, 1.82) is 0 Å². The number of ether oxygens (including phenoxy) is 1. The average molecular weight is 754 g/mol. The van der Waals surface area contributed by atoms with Gasteiger partial charge in [-0.05, 0) is 46.7 Å². The summed E-state index contributed by atoms with van der Waals surface area (Å²) in [5.74, 6) is -6.05. The lowest BCUT2D eigenvalue weighted by atomic mass is 10.0. The van der Waals surface area contributed by atoms with Crippen molar-refractivity contribution in [2.75, 3.05) is 18.1 Å². The van der Waals surface area contributed by atoms with Gasteiger partial charge in [0.25, 0.3) is 11.8 Å². The van der Waals surface area contributed by atoms with Gasteiger partial charge in [0.05, 0.1) is 5.39 Å². The summed E-state index contributed by atoms with van der Waals surface area (Å²) >= 11 is 2.42. The van der Waals surface area contributed by atoms with Gasteiger partial charge in [-0.2, -0.15) is 0 Å². The fraction of sp³-hybridized carbons (Fsp3) is 0.258. The van der Waals surface area contributed by atoms with E-state index in [1.165, 1.54) is 59.4 Å². The predicted molar refractivity (Wildman–Crippen MR) is 180 cm³/mol. The van der Waals surface area contributed by atoms with Crippen LogP contribution in [-0.4, -0.2) is 105 Å². The second-order valence-electron chi connectivity index (χ2n) is 11.4. The summed E-state index contributed by atoms with van der Waals surface area (Å²) in [7, 11) is 1.63. The number of carbonyl (C=O) groups excluding carboxylic acids is 3. The number of aryl methyl sites for hydroxylation is 2. The molecule has 1 unspecified atom stereocenters. The number of nitrogens with zero attached hydrogens (tertiary/aromatic N) is 5. The highest BCUT2D eigenvalue weighted by atomic mass is 32.2. The molecule has 6 N–H and O–H groups in total. The summed E-state index contributed by atoms with van der Waals surface area (Å²) in [6, 6.07) is 4.63. The number of aromatic hydroxyl groups is 2. The highest BCUT2D eigenvalue weighted by molar-refractivity contribution is 8.01. The number of benzene rings is 2. The fourth-order valence-electron chi connectivity index (χ4n) is 5.52. The first kappa shape index (κ1) is 35.7. The number of fused-ring (bicyclic) bond motifs is 2. The normalized spacial score (nSPS) is 17.3. The number of phenolic OH excluding ortho intramolecular Hbond substituents is 2. The summed E-state index contributed by atoms with van der Waals surface area (Å²) < 4.78 is 12.1. The third-order valence-electron chi connectivity index (χ3n) is 8.01. The Morgan fingerprint density at radius 2 is 1.83 bits per heavy atom. The Kier molecular flexibility index (Phi) is 9.80. The van der Waals surface area contributed by atoms with Crippen LogP contribution in [0.25, 0.3) is 11.0 Å². The Morgan fingerprint density at radius 1 is 1.12 bits per heavy atom. The molecule has 0 spiro atoms. The molecule has 19 nitrogen and oxygen atoms in total. The number of β-lactam (4-membered cyclic amide) rings is 1. The van der Waals surface area contributed by atoms with Gasteiger partial charge in [-0.15, -0.1) is 16.9 Å². The Bertz CT molecular complexity index is 2240. The zero-order chi connectivity index (χ0) is 37.4. The molecule has 2 aliphatic heterocycles. The van der Waals surface area contributed by atoms with E-state index in [4.69, 9.17) is 14.3 Å². The van der Waals surface area contributed by atoms with E-state index in [-0.39, 0.29) is 45.2 Å². The van der Waals surface area contributed by atoms with Gasteiger partial charge in [-0.1, -0.05) is 23.9 Å². The maximum Gasteiger partial charge on any atom is 0.352 e. The summed E-state index contributed by atoms with van der Waals surface area (Å²) in [4.78, 5) is 78.8. The third kappa shape index (κ3) is 6.82. The molecule has 2 aliphatic rings. The number of thioether (sulfide) groups is 2. The van der Waals surface area contributed by atoms with Gasteiger partial charge < -0.3 is 40.2 Å². The minimum absolute atomic E-state index is 0.110. The van der Waals surface area contributed by atoms with E-state index in [2.05, 4.69) is 26.2 Å². The lowest BCUT2D eigenvalue weighted by Crippen LogP contribution is -2.71. The van der Waals surface area contributed by atoms with Crippen LogP contribution in [0.15, 0.2) is 62.0 Å². The quantitative estimate of drug-likeness (QED) is 0.0653. The minimum atomic E-state index is -1.55. The first-order valence-electron chi connectivity index (χ1n) is 15.1. The van der Waals surface area contributed by atoms with Gasteiger partial charge >= 0.3 is 11.9 Å². The molecule has 4 heterocycles. The van der Waals surface area contributed by atoms with Crippen LogP contribution < -0.4 is 20.8 Å². The van der Waals surface area contributed by atoms with Crippen molar-refractivity contribution in [2.24, 2.45) is 7.05 Å². The van der Waals surface area contributed by atoms with Crippen LogP contribution in [0.2, 0.25) is 0 Å². The number of aliphatic carboxylic acids is 2. The highest BCUT2D eigenvalue weighted by Gasteiger charge is 2.54. The Balaban J connectivity index is 1.26. The smallest absolute Gasteiger partial charge is 0.352 e. The van der Waals surface area contributed by atoms with E-state index in [0.29, 0.717) is 10.7 Å². The van der Waals surface area contributed by atoms with Crippen molar-refractivity contribution < 1.29 is 53.6 Å². The number of amides is 3. The number of rotatable bonds is 12. The number of aromatic nitrogens is 4. The lowest BCUT2D eigenvalue weighted by molar-refractivity contribution is -0.151. The van der Waals surface area contributed by atoms with Gasteiger partial charge in [0, 0.05) is 24.6 Å². The molecule has 0 bridgehead atoms. The van der Waals surface area contributed by atoms with E-state index in [1.807, 2.05) is 0 Å². The first-order chi connectivity index (χ1) is 24.7. The van der Waals surface area contributed by atoms with E-state index in [0.717, 1.165) is 17.0 Å². The Labute approximate surface area is 299 Å². The van der Waals surface area contributed by atoms with E-state index < -0.39 is 76.2 Å². The van der Waals surface area contributed by atoms with E-state index in [9.17, 15) is 44.1 Å². The van der Waals surface area contributed by atoms with Crippen LogP contribution in [0.4, 0.5) is 0 Å². The van der Waals surface area contributed by atoms with Crippen molar-refractivity contribution in [1.82, 2.24) is 35.7 Å². The van der Waals surface area contributed by atoms with Crippen molar-refractivity contribution >= 4 is 64.2 Å². The maximum atomic E-state index is 13.9. The van der Waals surface area contributed by atoms with Crippen LogP contribution in [-0.2, 0) is 26.2 Å². The molecule has 0 aliphatic carbocycles. The molecule has 4 aromatic rings. The molecule has 1 fully saturated rings. The van der Waals surface area contributed by atoms with Crippen LogP contribution in [0.3, 0.4) is 0 Å². The standard InChI is InChI=1S/C31H27N7O12S2/c1-12-21(25(43)16-7-17(39)18(40)8-19(16)50-12)26(44)32-22(13-3-5-15(6-4-13)49-9-20(41)42)27(45)33-23-28(46)38-24(30(47)48)14(10-51-29(23)38)11-52-31-34-35-36-37(31)2/h3-8,22-23,29,39-40H,9-11H2,1-2H3,(H,32,44)(H,33,45)(H,41,42)(H,47,48)/t22?,23-,29+/m1/s1. The molecular formula is C31H27N7O12S2. The van der Waals surface area contributed by atoms with Gasteiger partial charge in [-0.25, -0.2) is 14.3 Å². The molecule has 270 valence electrons. The van der Waals surface area contributed by atoms with Gasteiger partial charge in [0.15, 0.2) is 18.1 Å². The molecule has 21 heteroatoms. The third-order valence-corrected chi connectivity index (χ3v) is 10.4. The highest BCUT2D eigenvalue weighted by Crippen LogP contribution is 2.41. The molecule has 52 heavy (non-hydrogen) atoms. The van der Waals surface area contributed by atoms with Crippen molar-refractivity contribution in [2.45, 2.75) is 29.5 Å². The summed E-state index contributed by atoms with van der Waals surface area (Å²) in [6.07, 6.45) is 0. The van der Waals surface area contributed by atoms with Crippen LogP contribution >= 0.6 is 23.5 Å². The number of carboxylic acids is 2. The topological polar surface area (TPSA) is 277 Å². The zero-order valence-electron chi connectivity index (χ0n) is 26.9. The number of carbonyl (C=O) groups is 5. The van der Waals surface area contributed by atoms with E-state index >= 15 is 0 Å². The van der Waals surface area contributed by atoms with Crippen LogP contribution in [0, 0.1) is 6.92 Å². The average Bonchev–Trinajstić information content (AvgIpc) is 3.52. The Morgan fingerprint density at radius 3 is 2.48 bits per heavy atom. The minimum Gasteiger partial charge on any atom is -0.504 e. The maximum absolute atomic E-state index is 13.9. The van der Waals surface area contributed by atoms with Gasteiger partial charge in [0.2, 0.25) is 16.5 Å². The molecule has 2 aromatic heterocycles. The molecule has 3 amide bonds. The molecule has 0 saturated carbocycles. The largest absolute Gasteiger partial charge is 0.504 e. The molecule has 2 aromatic carbocycles. The number of phenols is 2. The number of carboxylic acid groups (broad SMARTS) is 2. The molecule has 0 radical (unpaired) electrons. The van der Waals surface area contributed by atoms with Crippen molar-refractivity contribution in [3.63, 3.8) is 0 Å². The second kappa shape index (κ2) is 14.3. The van der Waals surface area contributed by atoms with Crippen molar-refractivity contribution in [3.8, 4) is 17.2 Å². The van der Waals surface area contributed by atoms with Crippen LogP contribution in [0.1, 0.15) is 27.7 Å². The number of hydrogen-bond donors (Lipinski definition) is 6. The first-order valence-corrected chi connectivity index (χ1v) is 17.1. The van der Waals surface area contributed by atoms with Crippen molar-refractivity contribution in [3.05, 3.63) is 74.8 Å². The fourth-order valence-corrected chi connectivity index (χ4v) is 7.86. The monoisotopic (exact) mass is 753 g/mol. The SMILES string of the molecule is Cc1oc2cc(O)c(O)cc2c(=O)c1C(=O)NC(C(=O)N[C@@H]1C(=O)N2C(C(=O)O)=C(CSc3nnnn3C)CS[C@@H]12)c1ccc(OCC(=O)O)cc1. The number of nitrogens with one attached hydrogen (secondary N) is 2. The molecular weight excluding hydrogens is 727 g/mol. The van der Waals surface area contributed by atoms with Gasteiger partial charge in [0.1, 0.15) is 45.8 Å². The summed E-state index contributed by atoms with van der Waals surface area (Å²) in [6.45, 7) is 0.671. The van der Waals surface area contributed by atoms with Crippen LogP contribution in [0.5, 0.6) is 17.2 Å².